The number of nitrogens with zero attached hydrogens (tertiary/aromatic N) is 1. The van der Waals surface area contributed by atoms with Crippen LogP contribution in [-0.4, -0.2) is 49.6 Å². The lowest BCUT2D eigenvalue weighted by Gasteiger charge is -2.25. The fraction of sp³-hybridized carbons (Fsp3) is 0.333. The van der Waals surface area contributed by atoms with Crippen molar-refractivity contribution in [2.24, 2.45) is 0 Å². The van der Waals surface area contributed by atoms with Gasteiger partial charge < -0.3 is 15.4 Å². The third-order valence-corrected chi connectivity index (χ3v) is 4.53. The van der Waals surface area contributed by atoms with E-state index in [0.717, 1.165) is 18.7 Å². The van der Waals surface area contributed by atoms with Crippen molar-refractivity contribution in [2.75, 3.05) is 38.2 Å². The van der Waals surface area contributed by atoms with E-state index in [-0.39, 0.29) is 17.9 Å². The molecule has 27 heavy (non-hydrogen) atoms. The van der Waals surface area contributed by atoms with Gasteiger partial charge in [0.2, 0.25) is 5.91 Å². The largest absolute Gasteiger partial charge is 0.379 e. The van der Waals surface area contributed by atoms with Crippen LogP contribution in [0.5, 0.6) is 0 Å². The number of anilines is 1. The molecule has 0 aliphatic carbocycles. The fourth-order valence-corrected chi connectivity index (χ4v) is 3.01. The summed E-state index contributed by atoms with van der Waals surface area (Å²) in [5.41, 5.74) is 2.18. The monoisotopic (exact) mass is 367 g/mol. The zero-order chi connectivity index (χ0) is 19.1. The lowest BCUT2D eigenvalue weighted by Crippen LogP contribution is -2.41. The number of hydrogen-bond acceptors (Lipinski definition) is 4. The normalized spacial score (nSPS) is 15.7. The van der Waals surface area contributed by atoms with Crippen molar-refractivity contribution in [2.45, 2.75) is 13.0 Å². The quantitative estimate of drug-likeness (QED) is 0.823. The summed E-state index contributed by atoms with van der Waals surface area (Å²) in [7, 11) is 0. The van der Waals surface area contributed by atoms with Gasteiger partial charge in [-0.3, -0.25) is 14.5 Å². The molecule has 1 aliphatic heterocycles. The van der Waals surface area contributed by atoms with Gasteiger partial charge in [0.25, 0.3) is 5.91 Å². The Bertz CT molecular complexity index is 773. The van der Waals surface area contributed by atoms with Gasteiger partial charge in [-0.05, 0) is 30.7 Å². The molecule has 1 atom stereocenters. The van der Waals surface area contributed by atoms with Crippen LogP contribution < -0.4 is 10.6 Å². The summed E-state index contributed by atoms with van der Waals surface area (Å²) in [6.07, 6.45) is 0. The van der Waals surface area contributed by atoms with Crippen LogP contribution in [-0.2, 0) is 9.53 Å². The summed E-state index contributed by atoms with van der Waals surface area (Å²) < 4.78 is 5.29. The maximum Gasteiger partial charge on any atom is 0.251 e. The van der Waals surface area contributed by atoms with E-state index in [4.69, 9.17) is 4.74 Å². The second kappa shape index (κ2) is 9.30. The van der Waals surface area contributed by atoms with Crippen LogP contribution in [0.15, 0.2) is 54.6 Å². The van der Waals surface area contributed by atoms with Crippen molar-refractivity contribution in [3.63, 3.8) is 0 Å². The molecule has 2 aromatic carbocycles. The number of rotatable bonds is 6. The minimum atomic E-state index is -0.171. The number of benzene rings is 2. The van der Waals surface area contributed by atoms with Crippen molar-refractivity contribution in [1.82, 2.24) is 10.2 Å². The molecular formula is C21H25N3O3. The first-order valence-corrected chi connectivity index (χ1v) is 9.17. The fourth-order valence-electron chi connectivity index (χ4n) is 3.01. The van der Waals surface area contributed by atoms with Crippen molar-refractivity contribution in [3.05, 3.63) is 65.7 Å². The van der Waals surface area contributed by atoms with Crippen molar-refractivity contribution >= 4 is 17.5 Å². The first-order valence-electron chi connectivity index (χ1n) is 9.17. The second-order valence-corrected chi connectivity index (χ2v) is 6.62. The van der Waals surface area contributed by atoms with Crippen molar-refractivity contribution in [3.8, 4) is 0 Å². The molecule has 6 heteroatoms. The number of carbonyl (C=O) groups excluding carboxylic acids is 2. The van der Waals surface area contributed by atoms with Gasteiger partial charge in [0.05, 0.1) is 25.8 Å². The predicted molar refractivity (Wildman–Crippen MR) is 105 cm³/mol. The highest BCUT2D eigenvalue weighted by atomic mass is 16.5. The second-order valence-electron chi connectivity index (χ2n) is 6.62. The average molecular weight is 367 g/mol. The molecule has 142 valence electrons. The van der Waals surface area contributed by atoms with E-state index in [1.807, 2.05) is 37.3 Å². The summed E-state index contributed by atoms with van der Waals surface area (Å²) in [5.74, 6) is -0.261. The molecule has 1 fully saturated rings. The SMILES string of the molecule is CC(NC(=O)c1cccc(NC(=O)CN2CCOCC2)c1)c1ccccc1. The van der Waals surface area contributed by atoms with Crippen LogP contribution >= 0.6 is 0 Å². The lowest BCUT2D eigenvalue weighted by molar-refractivity contribution is -0.118. The van der Waals surface area contributed by atoms with Gasteiger partial charge >= 0.3 is 0 Å². The number of ether oxygens (including phenoxy) is 1. The van der Waals surface area contributed by atoms with Crippen LogP contribution in [0.1, 0.15) is 28.9 Å². The number of hydrogen-bond donors (Lipinski definition) is 2. The van der Waals surface area contributed by atoms with Crippen LogP contribution in [0.4, 0.5) is 5.69 Å². The summed E-state index contributed by atoms with van der Waals surface area (Å²) in [6.45, 7) is 5.09. The molecule has 0 saturated carbocycles. The molecule has 0 bridgehead atoms. The third-order valence-electron chi connectivity index (χ3n) is 4.53. The molecule has 3 rings (SSSR count). The molecule has 0 aromatic heterocycles. The van der Waals surface area contributed by atoms with E-state index < -0.39 is 0 Å². The highest BCUT2D eigenvalue weighted by Gasteiger charge is 2.15. The summed E-state index contributed by atoms with van der Waals surface area (Å²) in [5, 5.41) is 5.85. The summed E-state index contributed by atoms with van der Waals surface area (Å²) >= 11 is 0. The first kappa shape index (κ1) is 19.1. The predicted octanol–water partition coefficient (Wildman–Crippen LogP) is 2.45. The zero-order valence-electron chi connectivity index (χ0n) is 15.5. The summed E-state index contributed by atoms with van der Waals surface area (Å²) in [6, 6.07) is 16.7. The van der Waals surface area contributed by atoms with E-state index >= 15 is 0 Å². The van der Waals surface area contributed by atoms with Crippen LogP contribution in [0.25, 0.3) is 0 Å². The third kappa shape index (κ3) is 5.64. The standard InChI is InChI=1S/C21H25N3O3/c1-16(17-6-3-2-4-7-17)22-21(26)18-8-5-9-19(14-18)23-20(25)15-24-10-12-27-13-11-24/h2-9,14,16H,10-13,15H2,1H3,(H,22,26)(H,23,25). The Labute approximate surface area is 159 Å². The molecule has 0 spiro atoms. The Morgan fingerprint density at radius 2 is 1.81 bits per heavy atom. The van der Waals surface area contributed by atoms with Crippen molar-refractivity contribution < 1.29 is 14.3 Å². The molecular weight excluding hydrogens is 342 g/mol. The topological polar surface area (TPSA) is 70.7 Å². The molecule has 1 aliphatic rings. The van der Waals surface area contributed by atoms with Gasteiger partial charge in [-0.15, -0.1) is 0 Å². The molecule has 2 aromatic rings. The van der Waals surface area contributed by atoms with Gasteiger partial charge in [-0.25, -0.2) is 0 Å². The van der Waals surface area contributed by atoms with Crippen LogP contribution in [0, 0.1) is 0 Å². The Hall–Kier alpha value is -2.70. The Morgan fingerprint density at radius 1 is 1.07 bits per heavy atom. The molecule has 0 radical (unpaired) electrons. The molecule has 6 nitrogen and oxygen atoms in total. The number of morpholine rings is 1. The zero-order valence-corrected chi connectivity index (χ0v) is 15.5. The molecule has 2 amide bonds. The molecule has 2 N–H and O–H groups in total. The van der Waals surface area contributed by atoms with Gasteiger partial charge in [0, 0.05) is 24.3 Å². The van der Waals surface area contributed by atoms with E-state index in [2.05, 4.69) is 15.5 Å². The van der Waals surface area contributed by atoms with Gasteiger partial charge in [0.15, 0.2) is 0 Å². The summed E-state index contributed by atoms with van der Waals surface area (Å²) in [4.78, 5) is 26.8. The maximum atomic E-state index is 12.5. The Kier molecular flexibility index (Phi) is 6.57. The van der Waals surface area contributed by atoms with E-state index in [1.165, 1.54) is 0 Å². The molecule has 1 heterocycles. The van der Waals surface area contributed by atoms with Crippen LogP contribution in [0.3, 0.4) is 0 Å². The minimum absolute atomic E-state index is 0.0906. The number of nitrogens with one attached hydrogen (secondary N) is 2. The average Bonchev–Trinajstić information content (AvgIpc) is 2.69. The molecule has 1 unspecified atom stereocenters. The van der Waals surface area contributed by atoms with E-state index in [0.29, 0.717) is 31.0 Å². The van der Waals surface area contributed by atoms with Gasteiger partial charge in [-0.1, -0.05) is 36.4 Å². The lowest BCUT2D eigenvalue weighted by atomic mass is 10.1. The number of carbonyl (C=O) groups is 2. The Balaban J connectivity index is 1.57. The highest BCUT2D eigenvalue weighted by molar-refractivity contribution is 5.97. The van der Waals surface area contributed by atoms with Gasteiger partial charge in [-0.2, -0.15) is 0 Å². The highest BCUT2D eigenvalue weighted by Crippen LogP contribution is 2.15. The van der Waals surface area contributed by atoms with E-state index in [1.54, 1.807) is 24.3 Å². The first-order chi connectivity index (χ1) is 13.1. The smallest absolute Gasteiger partial charge is 0.251 e. The number of amides is 2. The Morgan fingerprint density at radius 3 is 2.56 bits per heavy atom. The van der Waals surface area contributed by atoms with E-state index in [9.17, 15) is 9.59 Å². The minimum Gasteiger partial charge on any atom is -0.379 e. The maximum absolute atomic E-state index is 12.5. The molecule has 1 saturated heterocycles. The van der Waals surface area contributed by atoms with Crippen molar-refractivity contribution in [1.29, 1.82) is 0 Å². The van der Waals surface area contributed by atoms with Gasteiger partial charge in [0.1, 0.15) is 0 Å². The van der Waals surface area contributed by atoms with Crippen LogP contribution in [0.2, 0.25) is 0 Å².